The minimum absolute atomic E-state index is 0.184. The molecule has 6 nitrogen and oxygen atoms in total. The van der Waals surface area contributed by atoms with E-state index in [9.17, 15) is 13.2 Å². The van der Waals surface area contributed by atoms with Gasteiger partial charge in [0, 0.05) is 23.3 Å². The molecule has 1 aromatic heterocycles. The van der Waals surface area contributed by atoms with Crippen LogP contribution in [0.15, 0.2) is 35.4 Å². The molecule has 9 heteroatoms. The van der Waals surface area contributed by atoms with Gasteiger partial charge < -0.3 is 4.90 Å². The van der Waals surface area contributed by atoms with E-state index in [0.717, 1.165) is 29.7 Å². The van der Waals surface area contributed by atoms with Crippen LogP contribution in [0.2, 0.25) is 5.02 Å². The Morgan fingerprint density at radius 1 is 1.20 bits per heavy atom. The number of nitrogens with one attached hydrogen (secondary N) is 1. The quantitative estimate of drug-likeness (QED) is 0.396. The number of aromatic nitrogens is 1. The van der Waals surface area contributed by atoms with Crippen molar-refractivity contribution in [2.75, 3.05) is 28.3 Å². The minimum atomic E-state index is -3.55. The Kier molecular flexibility index (Phi) is 7.76. The monoisotopic (exact) mass is 469 g/mol. The number of amides is 1. The summed E-state index contributed by atoms with van der Waals surface area (Å²) in [5.41, 5.74) is 2.19. The van der Waals surface area contributed by atoms with Crippen molar-refractivity contribution in [3.8, 4) is 0 Å². The second-order valence-corrected chi connectivity index (χ2v) is 10.9. The topological polar surface area (TPSA) is 71.4 Å². The number of sulfonamides is 1. The molecule has 2 heterocycles. The fraction of sp³-hybridized carbons (Fsp3) is 0.476. The second-order valence-electron chi connectivity index (χ2n) is 7.54. The van der Waals surface area contributed by atoms with Crippen molar-refractivity contribution in [3.05, 3.63) is 46.7 Å². The largest absolute Gasteiger partial charge is 0.306 e. The van der Waals surface area contributed by atoms with Crippen LogP contribution in [0, 0.1) is 0 Å². The van der Waals surface area contributed by atoms with Gasteiger partial charge in [-0.2, -0.15) is 0 Å². The minimum Gasteiger partial charge on any atom is -0.306 e. The van der Waals surface area contributed by atoms with E-state index in [0.29, 0.717) is 11.6 Å². The molecule has 1 aromatic carbocycles. The molecule has 0 saturated heterocycles. The van der Waals surface area contributed by atoms with Crippen LogP contribution in [0.4, 0.5) is 5.69 Å². The molecule has 1 N–H and O–H groups in total. The highest BCUT2D eigenvalue weighted by molar-refractivity contribution is 7.99. The van der Waals surface area contributed by atoms with Crippen molar-refractivity contribution in [1.29, 1.82) is 0 Å². The van der Waals surface area contributed by atoms with Gasteiger partial charge in [0.2, 0.25) is 10.0 Å². The van der Waals surface area contributed by atoms with Gasteiger partial charge in [-0.3, -0.25) is 4.79 Å². The summed E-state index contributed by atoms with van der Waals surface area (Å²) in [7, 11) is -3.55. The Bertz CT molecular complexity index is 1000. The van der Waals surface area contributed by atoms with Gasteiger partial charge in [-0.25, -0.2) is 17.9 Å². The van der Waals surface area contributed by atoms with E-state index in [4.69, 9.17) is 11.6 Å². The number of carbonyl (C=O) groups excluding carboxylic acids is 1. The summed E-state index contributed by atoms with van der Waals surface area (Å²) in [6, 6.07) is 7.68. The molecule has 1 aliphatic rings. The lowest BCUT2D eigenvalue weighted by atomic mass is 10.2. The molecule has 30 heavy (non-hydrogen) atoms. The number of halogens is 1. The average Bonchev–Trinajstić information content (AvgIpc) is 3.25. The van der Waals surface area contributed by atoms with Gasteiger partial charge >= 0.3 is 0 Å². The number of unbranched alkanes of at least 4 members (excludes halogenated alkanes) is 4. The van der Waals surface area contributed by atoms with Gasteiger partial charge in [0.1, 0.15) is 5.69 Å². The number of thioether (sulfide) groups is 1. The molecule has 0 aliphatic carbocycles. The highest BCUT2D eigenvalue weighted by Gasteiger charge is 2.28. The van der Waals surface area contributed by atoms with Gasteiger partial charge in [0.05, 0.1) is 11.3 Å². The van der Waals surface area contributed by atoms with Gasteiger partial charge in [-0.1, -0.05) is 44.2 Å². The van der Waals surface area contributed by atoms with E-state index in [2.05, 4.69) is 23.9 Å². The normalized spacial score (nSPS) is 13.5. The molecular weight excluding hydrogens is 442 g/mol. The van der Waals surface area contributed by atoms with E-state index < -0.39 is 10.0 Å². The lowest BCUT2D eigenvalue weighted by Gasteiger charge is -2.19. The van der Waals surface area contributed by atoms with Crippen LogP contribution in [0.3, 0.4) is 0 Å². The third-order valence-corrected chi connectivity index (χ3v) is 6.79. The van der Waals surface area contributed by atoms with Crippen molar-refractivity contribution < 1.29 is 13.2 Å². The van der Waals surface area contributed by atoms with Crippen LogP contribution >= 0.6 is 23.4 Å². The van der Waals surface area contributed by atoms with Crippen molar-refractivity contribution in [2.45, 2.75) is 50.3 Å². The number of carbonyl (C=O) groups is 1. The maximum Gasteiger partial charge on any atom is 0.276 e. The molecule has 3 rings (SSSR count). The molecule has 0 saturated carbocycles. The number of nitrogens with zero attached hydrogens (tertiary/aromatic N) is 2. The van der Waals surface area contributed by atoms with Gasteiger partial charge in [-0.05, 0) is 48.4 Å². The maximum atomic E-state index is 13.1. The summed E-state index contributed by atoms with van der Waals surface area (Å²) in [5.74, 6) is 0.821. The number of hydrogen-bond acceptors (Lipinski definition) is 4. The molecule has 164 valence electrons. The molecule has 0 unspecified atom stereocenters. The molecule has 0 radical (unpaired) electrons. The lowest BCUT2D eigenvalue weighted by Crippen LogP contribution is -2.33. The van der Waals surface area contributed by atoms with Crippen molar-refractivity contribution in [2.24, 2.45) is 0 Å². The zero-order chi connectivity index (χ0) is 21.7. The number of hydrogen-bond donors (Lipinski definition) is 1. The van der Waals surface area contributed by atoms with Gasteiger partial charge in [-0.15, -0.1) is 11.8 Å². The van der Waals surface area contributed by atoms with Crippen molar-refractivity contribution in [1.82, 2.24) is 4.68 Å². The first-order valence-electron chi connectivity index (χ1n) is 10.2. The molecule has 0 spiro atoms. The SMILES string of the molecule is CCCCCCCSc1ccc2c(c1)CCN2C(=O)c1cc(Cl)cn1NS(C)(=O)=O. The van der Waals surface area contributed by atoms with Crippen LogP contribution in [0.25, 0.3) is 0 Å². The zero-order valence-electron chi connectivity index (χ0n) is 17.4. The Morgan fingerprint density at radius 2 is 1.97 bits per heavy atom. The van der Waals surface area contributed by atoms with Crippen LogP contribution in [-0.2, 0) is 16.4 Å². The van der Waals surface area contributed by atoms with Crippen LogP contribution < -0.4 is 9.73 Å². The summed E-state index contributed by atoms with van der Waals surface area (Å²) in [6.45, 7) is 2.78. The van der Waals surface area contributed by atoms with E-state index in [1.54, 1.807) is 4.90 Å². The molecule has 0 fully saturated rings. The number of fused-ring (bicyclic) bond motifs is 1. The van der Waals surface area contributed by atoms with Crippen LogP contribution in [0.1, 0.15) is 55.1 Å². The molecule has 2 aromatic rings. The molecule has 0 bridgehead atoms. The predicted octanol–water partition coefficient (Wildman–Crippen LogP) is 4.91. The Hall–Kier alpha value is -1.64. The van der Waals surface area contributed by atoms with Crippen LogP contribution in [-0.4, -0.2) is 37.6 Å². The van der Waals surface area contributed by atoms with E-state index in [1.807, 2.05) is 17.8 Å². The molecular formula is C21H28ClN3O3S2. The molecule has 1 amide bonds. The highest BCUT2D eigenvalue weighted by Crippen LogP contribution is 2.33. The van der Waals surface area contributed by atoms with Gasteiger partial charge in [0.15, 0.2) is 0 Å². The Balaban J connectivity index is 1.68. The molecule has 1 aliphatic heterocycles. The summed E-state index contributed by atoms with van der Waals surface area (Å²) in [5, 5.41) is 0.291. The maximum absolute atomic E-state index is 13.1. The number of benzene rings is 1. The first-order chi connectivity index (χ1) is 14.3. The third kappa shape index (κ3) is 5.95. The van der Waals surface area contributed by atoms with Gasteiger partial charge in [0.25, 0.3) is 5.91 Å². The highest BCUT2D eigenvalue weighted by atomic mass is 35.5. The zero-order valence-corrected chi connectivity index (χ0v) is 19.7. The summed E-state index contributed by atoms with van der Waals surface area (Å²) in [4.78, 5) is 18.3. The summed E-state index contributed by atoms with van der Waals surface area (Å²) < 4.78 is 24.4. The third-order valence-electron chi connectivity index (χ3n) is 4.98. The van der Waals surface area contributed by atoms with E-state index in [-0.39, 0.29) is 11.6 Å². The smallest absolute Gasteiger partial charge is 0.276 e. The lowest BCUT2D eigenvalue weighted by molar-refractivity contribution is 0.0982. The first-order valence-corrected chi connectivity index (χ1v) is 13.5. The Morgan fingerprint density at radius 3 is 2.70 bits per heavy atom. The average molecular weight is 470 g/mol. The predicted molar refractivity (Wildman–Crippen MR) is 125 cm³/mol. The fourth-order valence-corrected chi connectivity index (χ4v) is 5.25. The number of anilines is 1. The standard InChI is InChI=1S/C21H28ClN3O3S2/c1-3-4-5-6-7-12-29-18-8-9-19-16(13-18)10-11-24(19)21(26)20-14-17(22)15-25(20)23-30(2,27)28/h8-9,13-15,23H,3-7,10-12H2,1-2H3. The fourth-order valence-electron chi connectivity index (χ4n) is 3.56. The second kappa shape index (κ2) is 10.1. The van der Waals surface area contributed by atoms with Crippen molar-refractivity contribution >= 4 is 45.0 Å². The van der Waals surface area contributed by atoms with Crippen LogP contribution in [0.5, 0.6) is 0 Å². The molecule has 0 atom stereocenters. The summed E-state index contributed by atoms with van der Waals surface area (Å²) >= 11 is 7.89. The number of rotatable bonds is 10. The van der Waals surface area contributed by atoms with E-state index in [1.165, 1.54) is 53.9 Å². The summed E-state index contributed by atoms with van der Waals surface area (Å²) in [6.07, 6.45) is 9.56. The van der Waals surface area contributed by atoms with Crippen molar-refractivity contribution in [3.63, 3.8) is 0 Å². The Labute approximate surface area is 188 Å². The first kappa shape index (κ1) is 23.0. The van der Waals surface area contributed by atoms with E-state index >= 15 is 0 Å².